The van der Waals surface area contributed by atoms with E-state index in [1.54, 1.807) is 13.8 Å². The Bertz CT molecular complexity index is 608. The van der Waals surface area contributed by atoms with E-state index in [1.165, 1.54) is 13.8 Å². The number of carbonyl (C=O) groups is 4. The topological polar surface area (TPSA) is 191 Å². The van der Waals surface area contributed by atoms with E-state index in [4.69, 9.17) is 10.8 Å². The van der Waals surface area contributed by atoms with Gasteiger partial charge in [0.25, 0.3) is 0 Å². The molecule has 3 amide bonds. The number of aliphatic hydroxyl groups excluding tert-OH is 2. The minimum absolute atomic E-state index is 0.0155. The second-order valence-corrected chi connectivity index (χ2v) is 8.25. The number of hydrogen-bond acceptors (Lipinski definition) is 7. The van der Waals surface area contributed by atoms with Crippen molar-refractivity contribution in [2.24, 2.45) is 17.6 Å². The van der Waals surface area contributed by atoms with Gasteiger partial charge in [-0.2, -0.15) is 0 Å². The van der Waals surface area contributed by atoms with Crippen LogP contribution in [0.2, 0.25) is 0 Å². The molecular formula is C19H36N4O7. The number of carbonyl (C=O) groups excluding carboxylic acids is 3. The summed E-state index contributed by atoms with van der Waals surface area (Å²) in [7, 11) is 0. The molecule has 174 valence electrons. The molecule has 0 aliphatic rings. The zero-order valence-corrected chi connectivity index (χ0v) is 18.4. The van der Waals surface area contributed by atoms with Crippen LogP contribution >= 0.6 is 0 Å². The van der Waals surface area contributed by atoms with Crippen molar-refractivity contribution in [1.82, 2.24) is 16.0 Å². The average molecular weight is 433 g/mol. The maximum absolute atomic E-state index is 12.8. The van der Waals surface area contributed by atoms with Gasteiger partial charge >= 0.3 is 5.97 Å². The van der Waals surface area contributed by atoms with E-state index >= 15 is 0 Å². The van der Waals surface area contributed by atoms with Gasteiger partial charge in [-0.1, -0.05) is 27.7 Å². The number of nitrogens with one attached hydrogen (secondary N) is 3. The number of hydrogen-bond donors (Lipinski definition) is 7. The highest BCUT2D eigenvalue weighted by atomic mass is 16.4. The van der Waals surface area contributed by atoms with Crippen LogP contribution in [0.3, 0.4) is 0 Å². The lowest BCUT2D eigenvalue weighted by Crippen LogP contribution is -2.60. The molecule has 0 aliphatic carbocycles. The molecule has 0 saturated carbocycles. The summed E-state index contributed by atoms with van der Waals surface area (Å²) in [5, 5.41) is 35.4. The summed E-state index contributed by atoms with van der Waals surface area (Å²) >= 11 is 0. The van der Waals surface area contributed by atoms with E-state index in [9.17, 15) is 29.4 Å². The van der Waals surface area contributed by atoms with Gasteiger partial charge in [-0.25, -0.2) is 4.79 Å². The van der Waals surface area contributed by atoms with E-state index in [0.29, 0.717) is 0 Å². The summed E-state index contributed by atoms with van der Waals surface area (Å²) < 4.78 is 0. The molecule has 0 aromatic heterocycles. The summed E-state index contributed by atoms with van der Waals surface area (Å²) in [6.07, 6.45) is -2.21. The van der Waals surface area contributed by atoms with E-state index in [-0.39, 0.29) is 12.3 Å². The van der Waals surface area contributed by atoms with Gasteiger partial charge < -0.3 is 37.0 Å². The average Bonchev–Trinajstić information content (AvgIpc) is 2.60. The highest BCUT2D eigenvalue weighted by Gasteiger charge is 2.33. The lowest BCUT2D eigenvalue weighted by atomic mass is 9.99. The Kier molecular flexibility index (Phi) is 11.5. The van der Waals surface area contributed by atoms with Crippen molar-refractivity contribution in [3.05, 3.63) is 0 Å². The summed E-state index contributed by atoms with van der Waals surface area (Å²) in [6, 6.07) is -4.87. The highest BCUT2D eigenvalue weighted by Crippen LogP contribution is 2.09. The molecular weight excluding hydrogens is 396 g/mol. The van der Waals surface area contributed by atoms with Crippen molar-refractivity contribution in [3.63, 3.8) is 0 Å². The molecule has 0 bridgehead atoms. The zero-order chi connectivity index (χ0) is 23.8. The van der Waals surface area contributed by atoms with Crippen LogP contribution in [0.5, 0.6) is 0 Å². The second-order valence-electron chi connectivity index (χ2n) is 8.25. The predicted octanol–water partition coefficient (Wildman–Crippen LogP) is -1.68. The number of nitrogens with two attached hydrogens (primary N) is 1. The molecule has 6 unspecified atom stereocenters. The highest BCUT2D eigenvalue weighted by molar-refractivity contribution is 5.94. The van der Waals surface area contributed by atoms with Gasteiger partial charge in [-0.05, 0) is 32.1 Å². The van der Waals surface area contributed by atoms with E-state index in [1.807, 2.05) is 13.8 Å². The van der Waals surface area contributed by atoms with Crippen molar-refractivity contribution in [1.29, 1.82) is 0 Å². The van der Waals surface area contributed by atoms with Gasteiger partial charge in [0, 0.05) is 0 Å². The van der Waals surface area contributed by atoms with Crippen LogP contribution in [0, 0.1) is 11.8 Å². The molecule has 11 heteroatoms. The minimum Gasteiger partial charge on any atom is -0.480 e. The molecule has 0 saturated heterocycles. The molecule has 0 aromatic carbocycles. The quantitative estimate of drug-likeness (QED) is 0.190. The predicted molar refractivity (Wildman–Crippen MR) is 109 cm³/mol. The first kappa shape index (κ1) is 27.8. The van der Waals surface area contributed by atoms with E-state index in [2.05, 4.69) is 16.0 Å². The van der Waals surface area contributed by atoms with Gasteiger partial charge in [-0.3, -0.25) is 14.4 Å². The van der Waals surface area contributed by atoms with Crippen LogP contribution in [0.1, 0.15) is 48.0 Å². The SMILES string of the molecule is CC(C)CC(NC(=O)C(N)C(C)O)C(=O)NC(C(=O)NC(C(=O)O)C(C)O)C(C)C. The lowest BCUT2D eigenvalue weighted by molar-refractivity contribution is -0.145. The van der Waals surface area contributed by atoms with Crippen LogP contribution in [-0.4, -0.2) is 75.4 Å². The Hall–Kier alpha value is -2.24. The molecule has 0 heterocycles. The van der Waals surface area contributed by atoms with Crippen LogP contribution in [0.25, 0.3) is 0 Å². The molecule has 30 heavy (non-hydrogen) atoms. The van der Waals surface area contributed by atoms with Gasteiger partial charge in [0.15, 0.2) is 6.04 Å². The molecule has 6 atom stereocenters. The van der Waals surface area contributed by atoms with E-state index < -0.39 is 66.0 Å². The molecule has 0 radical (unpaired) electrons. The maximum Gasteiger partial charge on any atom is 0.328 e. The Morgan fingerprint density at radius 2 is 1.27 bits per heavy atom. The Balaban J connectivity index is 5.44. The van der Waals surface area contributed by atoms with Crippen LogP contribution in [0.4, 0.5) is 0 Å². The van der Waals surface area contributed by atoms with Crippen molar-refractivity contribution in [3.8, 4) is 0 Å². The number of amides is 3. The fraction of sp³-hybridized carbons (Fsp3) is 0.789. The Morgan fingerprint density at radius 1 is 0.767 bits per heavy atom. The number of aliphatic hydroxyl groups is 2. The van der Waals surface area contributed by atoms with Crippen LogP contribution in [0.15, 0.2) is 0 Å². The molecule has 0 fully saturated rings. The first-order valence-corrected chi connectivity index (χ1v) is 9.94. The number of aliphatic carboxylic acids is 1. The summed E-state index contributed by atoms with van der Waals surface area (Å²) in [4.78, 5) is 48.8. The molecule has 11 nitrogen and oxygen atoms in total. The van der Waals surface area contributed by atoms with Crippen LogP contribution < -0.4 is 21.7 Å². The number of carboxylic acids is 1. The molecule has 0 aliphatic heterocycles. The summed E-state index contributed by atoms with van der Waals surface area (Å²) in [6.45, 7) is 9.56. The Morgan fingerprint density at radius 3 is 1.63 bits per heavy atom. The standard InChI is InChI=1S/C19H36N4O7/c1-8(2)7-12(21-17(27)13(20)10(5)24)16(26)22-14(9(3)4)18(28)23-15(11(6)25)19(29)30/h8-15,24-25H,7,20H2,1-6H3,(H,21,27)(H,22,26)(H,23,28)(H,29,30). The molecule has 0 rings (SSSR count). The second kappa shape index (κ2) is 12.5. The van der Waals surface area contributed by atoms with Gasteiger partial charge in [0.2, 0.25) is 17.7 Å². The van der Waals surface area contributed by atoms with Crippen molar-refractivity contribution in [2.45, 2.75) is 84.3 Å². The van der Waals surface area contributed by atoms with Crippen molar-refractivity contribution in [2.75, 3.05) is 0 Å². The smallest absolute Gasteiger partial charge is 0.328 e. The molecule has 0 spiro atoms. The van der Waals surface area contributed by atoms with Gasteiger partial charge in [0.05, 0.1) is 12.2 Å². The summed E-state index contributed by atoms with van der Waals surface area (Å²) in [5.74, 6) is -3.94. The fourth-order valence-corrected chi connectivity index (χ4v) is 2.61. The van der Waals surface area contributed by atoms with Gasteiger partial charge in [-0.15, -0.1) is 0 Å². The molecule has 0 aromatic rings. The fourth-order valence-electron chi connectivity index (χ4n) is 2.61. The minimum atomic E-state index is -1.54. The zero-order valence-electron chi connectivity index (χ0n) is 18.4. The van der Waals surface area contributed by atoms with Gasteiger partial charge in [0.1, 0.15) is 18.1 Å². The molecule has 8 N–H and O–H groups in total. The third-order valence-electron chi connectivity index (χ3n) is 4.46. The van der Waals surface area contributed by atoms with Crippen molar-refractivity contribution >= 4 is 23.7 Å². The van der Waals surface area contributed by atoms with E-state index in [0.717, 1.165) is 0 Å². The normalized spacial score (nSPS) is 17.4. The third-order valence-corrected chi connectivity index (χ3v) is 4.46. The van der Waals surface area contributed by atoms with Crippen molar-refractivity contribution < 1.29 is 34.5 Å². The number of rotatable bonds is 12. The first-order chi connectivity index (χ1) is 13.7. The maximum atomic E-state index is 12.8. The summed E-state index contributed by atoms with van der Waals surface area (Å²) in [5.41, 5.74) is 5.61. The van der Waals surface area contributed by atoms with Crippen LogP contribution in [-0.2, 0) is 19.2 Å². The largest absolute Gasteiger partial charge is 0.480 e. The number of carboxylic acid groups (broad SMARTS) is 1. The first-order valence-electron chi connectivity index (χ1n) is 9.94. The lowest BCUT2D eigenvalue weighted by Gasteiger charge is -2.28. The Labute approximate surface area is 176 Å². The third kappa shape index (κ3) is 9.06. The monoisotopic (exact) mass is 432 g/mol.